The van der Waals surface area contributed by atoms with E-state index in [-0.39, 0.29) is 4.90 Å². The van der Waals surface area contributed by atoms with Crippen LogP contribution < -0.4 is 10.2 Å². The van der Waals surface area contributed by atoms with Crippen molar-refractivity contribution in [2.45, 2.75) is 32.6 Å². The first kappa shape index (κ1) is 26.2. The zero-order chi connectivity index (χ0) is 24.0. The Morgan fingerprint density at radius 1 is 1.00 bits per heavy atom. The van der Waals surface area contributed by atoms with Crippen molar-refractivity contribution in [2.75, 3.05) is 75.9 Å². The molecule has 0 unspecified atom stereocenters. The lowest BCUT2D eigenvalue weighted by atomic mass is 10.1. The van der Waals surface area contributed by atoms with E-state index in [1.807, 2.05) is 6.07 Å². The van der Waals surface area contributed by atoms with E-state index in [0.717, 1.165) is 31.9 Å². The number of thiocarbonyl (C=S) groups is 1. The van der Waals surface area contributed by atoms with E-state index >= 15 is 0 Å². The van der Waals surface area contributed by atoms with Crippen molar-refractivity contribution >= 4 is 38.7 Å². The van der Waals surface area contributed by atoms with Gasteiger partial charge in [-0.3, -0.25) is 0 Å². The van der Waals surface area contributed by atoms with Crippen molar-refractivity contribution in [1.29, 1.82) is 0 Å². The Balaban J connectivity index is 1.93. The highest BCUT2D eigenvalue weighted by atomic mass is 32.2. The lowest BCUT2D eigenvalue weighted by Crippen LogP contribution is -2.41. The first-order valence-corrected chi connectivity index (χ1v) is 13.6. The largest absolute Gasteiger partial charge is 0.379 e. The van der Waals surface area contributed by atoms with Gasteiger partial charge in [-0.2, -0.15) is 4.31 Å². The summed E-state index contributed by atoms with van der Waals surface area (Å²) in [5.41, 5.74) is 1.66. The fourth-order valence-corrected chi connectivity index (χ4v) is 5.80. The normalized spacial score (nSPS) is 18.1. The third-order valence-electron chi connectivity index (χ3n) is 5.63. The molecule has 8 nitrogen and oxygen atoms in total. The van der Waals surface area contributed by atoms with Gasteiger partial charge >= 0.3 is 0 Å². The molecule has 0 radical (unpaired) electrons. The third kappa shape index (κ3) is 7.02. The fraction of sp³-hybridized carbons (Fsp3) is 0.696. The number of morpholine rings is 2. The fourth-order valence-electron chi connectivity index (χ4n) is 4.11. The average Bonchev–Trinajstić information content (AvgIpc) is 2.79. The van der Waals surface area contributed by atoms with Crippen LogP contribution in [-0.4, -0.2) is 88.4 Å². The Morgan fingerprint density at radius 2 is 1.55 bits per heavy atom. The lowest BCUT2D eigenvalue weighted by molar-refractivity contribution is 0.0730. The smallest absolute Gasteiger partial charge is 0.243 e. The highest BCUT2D eigenvalue weighted by molar-refractivity contribution is 7.89. The number of nitrogens with one attached hydrogen (secondary N) is 1. The van der Waals surface area contributed by atoms with Gasteiger partial charge in [0, 0.05) is 39.3 Å². The van der Waals surface area contributed by atoms with Crippen LogP contribution in [0.25, 0.3) is 0 Å². The molecule has 0 bridgehead atoms. The van der Waals surface area contributed by atoms with Gasteiger partial charge in [-0.15, -0.1) is 0 Å². The van der Waals surface area contributed by atoms with Gasteiger partial charge in [0.05, 0.1) is 42.7 Å². The number of benzene rings is 1. The Kier molecular flexibility index (Phi) is 9.34. The first-order valence-electron chi connectivity index (χ1n) is 11.8. The van der Waals surface area contributed by atoms with Crippen LogP contribution in [0.15, 0.2) is 23.1 Å². The Labute approximate surface area is 204 Å². The maximum Gasteiger partial charge on any atom is 0.243 e. The topological polar surface area (TPSA) is 74.4 Å². The van der Waals surface area contributed by atoms with E-state index in [1.165, 1.54) is 4.31 Å². The van der Waals surface area contributed by atoms with Gasteiger partial charge in [0.1, 0.15) is 0 Å². The van der Waals surface area contributed by atoms with Crippen molar-refractivity contribution in [1.82, 2.24) is 9.21 Å². The highest BCUT2D eigenvalue weighted by Crippen LogP contribution is 2.31. The molecule has 2 fully saturated rings. The molecule has 0 spiro atoms. The summed E-state index contributed by atoms with van der Waals surface area (Å²) in [6.45, 7) is 14.7. The first-order chi connectivity index (χ1) is 15.7. The van der Waals surface area contributed by atoms with Gasteiger partial charge in [0.25, 0.3) is 0 Å². The van der Waals surface area contributed by atoms with Crippen LogP contribution in [0, 0.1) is 11.8 Å². The highest BCUT2D eigenvalue weighted by Gasteiger charge is 2.28. The minimum atomic E-state index is -3.61. The van der Waals surface area contributed by atoms with Crippen molar-refractivity contribution < 1.29 is 17.9 Å². The second kappa shape index (κ2) is 11.8. The standard InChI is InChI=1S/C23H38N4O4S2/c1-18(2)16-26(17-19(3)4)23(32)24-21-15-20(33(28,29)27-9-13-31-14-10-27)5-6-22(21)25-7-11-30-12-8-25/h5-6,15,18-19H,7-14,16-17H2,1-4H3,(H,24,32). The molecule has 2 aliphatic rings. The monoisotopic (exact) mass is 498 g/mol. The van der Waals surface area contributed by atoms with E-state index in [0.29, 0.717) is 62.2 Å². The Morgan fingerprint density at radius 3 is 2.09 bits per heavy atom. The molecule has 0 aromatic heterocycles. The van der Waals surface area contributed by atoms with E-state index in [1.54, 1.807) is 12.1 Å². The van der Waals surface area contributed by atoms with Gasteiger partial charge in [0.15, 0.2) is 5.11 Å². The summed E-state index contributed by atoms with van der Waals surface area (Å²) in [5, 5.41) is 4.02. The third-order valence-corrected chi connectivity index (χ3v) is 7.88. The van der Waals surface area contributed by atoms with E-state index < -0.39 is 10.0 Å². The predicted octanol–water partition coefficient (Wildman–Crippen LogP) is 2.85. The Bertz CT molecular complexity index is 886. The quantitative estimate of drug-likeness (QED) is 0.549. The number of hydrogen-bond donors (Lipinski definition) is 1. The number of anilines is 2. The second-order valence-corrected chi connectivity index (χ2v) is 11.7. The predicted molar refractivity (Wildman–Crippen MR) is 137 cm³/mol. The van der Waals surface area contributed by atoms with Gasteiger partial charge in [-0.25, -0.2) is 8.42 Å². The summed E-state index contributed by atoms with van der Waals surface area (Å²) < 4.78 is 38.9. The summed E-state index contributed by atoms with van der Waals surface area (Å²) in [6, 6.07) is 5.31. The molecule has 0 aliphatic carbocycles. The molecule has 2 aliphatic heterocycles. The summed E-state index contributed by atoms with van der Waals surface area (Å²) in [7, 11) is -3.61. The molecular weight excluding hydrogens is 460 g/mol. The summed E-state index contributed by atoms with van der Waals surface area (Å²) in [4.78, 5) is 4.66. The zero-order valence-corrected chi connectivity index (χ0v) is 21.9. The summed E-state index contributed by atoms with van der Waals surface area (Å²) >= 11 is 5.81. The van der Waals surface area contributed by atoms with Crippen molar-refractivity contribution in [2.24, 2.45) is 11.8 Å². The van der Waals surface area contributed by atoms with E-state index in [2.05, 4.69) is 42.8 Å². The van der Waals surface area contributed by atoms with Crippen molar-refractivity contribution in [3.63, 3.8) is 0 Å². The summed E-state index contributed by atoms with van der Waals surface area (Å²) in [5.74, 6) is 0.908. The minimum absolute atomic E-state index is 0.269. The number of sulfonamides is 1. The molecule has 33 heavy (non-hydrogen) atoms. The number of nitrogens with zero attached hydrogens (tertiary/aromatic N) is 3. The number of hydrogen-bond acceptors (Lipinski definition) is 6. The van der Waals surface area contributed by atoms with Crippen molar-refractivity contribution in [3.8, 4) is 0 Å². The molecule has 10 heteroatoms. The van der Waals surface area contributed by atoms with E-state index in [9.17, 15) is 8.42 Å². The molecule has 1 aromatic carbocycles. The SMILES string of the molecule is CC(C)CN(CC(C)C)C(=S)Nc1cc(S(=O)(=O)N2CCOCC2)ccc1N1CCOCC1. The second-order valence-electron chi connectivity index (χ2n) is 9.42. The van der Waals surface area contributed by atoms with E-state index in [4.69, 9.17) is 21.7 Å². The van der Waals surface area contributed by atoms with Gasteiger partial charge in [-0.1, -0.05) is 27.7 Å². The lowest BCUT2D eigenvalue weighted by Gasteiger charge is -2.33. The molecule has 0 atom stereocenters. The summed E-state index contributed by atoms with van der Waals surface area (Å²) in [6.07, 6.45) is 0. The van der Waals surface area contributed by atoms with Crippen LogP contribution in [0.5, 0.6) is 0 Å². The molecule has 2 heterocycles. The van der Waals surface area contributed by atoms with Crippen LogP contribution in [-0.2, 0) is 19.5 Å². The maximum absolute atomic E-state index is 13.3. The molecule has 0 saturated carbocycles. The van der Waals surface area contributed by atoms with Crippen LogP contribution in [0.4, 0.5) is 11.4 Å². The van der Waals surface area contributed by atoms with Crippen LogP contribution in [0.1, 0.15) is 27.7 Å². The molecule has 2 saturated heterocycles. The molecule has 1 N–H and O–H groups in total. The van der Waals surface area contributed by atoms with Crippen LogP contribution in [0.3, 0.4) is 0 Å². The molecule has 3 rings (SSSR count). The van der Waals surface area contributed by atoms with Crippen molar-refractivity contribution in [3.05, 3.63) is 18.2 Å². The maximum atomic E-state index is 13.3. The minimum Gasteiger partial charge on any atom is -0.379 e. The molecule has 0 amide bonds. The Hall–Kier alpha value is -1.46. The number of rotatable bonds is 8. The zero-order valence-electron chi connectivity index (χ0n) is 20.2. The molecule has 186 valence electrons. The average molecular weight is 499 g/mol. The van der Waals surface area contributed by atoms with Crippen LogP contribution >= 0.6 is 12.2 Å². The molecule has 1 aromatic rings. The van der Waals surface area contributed by atoms with Gasteiger partial charge in [0.2, 0.25) is 10.0 Å². The number of ether oxygens (including phenoxy) is 2. The van der Waals surface area contributed by atoms with Gasteiger partial charge < -0.3 is 24.6 Å². The molecular formula is C23H38N4O4S2. The van der Waals surface area contributed by atoms with Gasteiger partial charge in [-0.05, 0) is 42.3 Å². The van der Waals surface area contributed by atoms with Crippen LogP contribution in [0.2, 0.25) is 0 Å².